The summed E-state index contributed by atoms with van der Waals surface area (Å²) in [6, 6.07) is 1.80. The zero-order chi connectivity index (χ0) is 18.0. The van der Waals surface area contributed by atoms with E-state index in [-0.39, 0.29) is 29.4 Å². The molecular weight excluding hydrogens is 344 g/mol. The minimum atomic E-state index is -0.370. The Morgan fingerprint density at radius 3 is 2.92 bits per heavy atom. The predicted molar refractivity (Wildman–Crippen MR) is 94.1 cm³/mol. The second-order valence-corrected chi connectivity index (χ2v) is 6.66. The number of ether oxygens (including phenoxy) is 1. The van der Waals surface area contributed by atoms with Crippen molar-refractivity contribution >= 4 is 23.1 Å². The number of piperazine rings is 1. The minimum Gasteiger partial charge on any atom is -0.360 e. The van der Waals surface area contributed by atoms with Crippen LogP contribution in [0.1, 0.15) is 32.4 Å². The third kappa shape index (κ3) is 3.48. The Hall–Kier alpha value is -2.11. The molecular formula is C16H21ClN6O2. The standard InChI is InChI=1S/C16H21ClN6O2/c1-11(8-18)22-6-5-21(10-13(22)19)12-9-20-23(16(24)15(12)17)14-4-2-3-7-25-14/h9,11,14,19H,2-7,10H2,1H3/t11-,14?/m1/s1. The molecule has 0 radical (unpaired) electrons. The molecule has 0 amide bonds. The number of anilines is 1. The molecule has 1 aromatic heterocycles. The third-order valence-electron chi connectivity index (χ3n) is 4.65. The molecule has 2 saturated heterocycles. The molecule has 2 fully saturated rings. The van der Waals surface area contributed by atoms with Crippen LogP contribution >= 0.6 is 11.6 Å². The second kappa shape index (κ2) is 7.42. The highest BCUT2D eigenvalue weighted by Crippen LogP contribution is 2.26. The summed E-state index contributed by atoms with van der Waals surface area (Å²) in [4.78, 5) is 16.2. The first-order valence-corrected chi connectivity index (χ1v) is 8.78. The topological polar surface area (TPSA) is 98.2 Å². The van der Waals surface area contributed by atoms with Crippen molar-refractivity contribution in [1.29, 1.82) is 10.7 Å². The van der Waals surface area contributed by atoms with Crippen LogP contribution in [0.2, 0.25) is 5.02 Å². The number of aromatic nitrogens is 2. The first kappa shape index (κ1) is 17.7. The molecule has 8 nitrogen and oxygen atoms in total. The lowest BCUT2D eigenvalue weighted by molar-refractivity contribution is -0.0424. The summed E-state index contributed by atoms with van der Waals surface area (Å²) >= 11 is 6.32. The third-order valence-corrected chi connectivity index (χ3v) is 5.00. The van der Waals surface area contributed by atoms with Crippen molar-refractivity contribution in [2.75, 3.05) is 31.1 Å². The average Bonchev–Trinajstić information content (AvgIpc) is 2.64. The van der Waals surface area contributed by atoms with E-state index in [1.165, 1.54) is 4.68 Å². The van der Waals surface area contributed by atoms with Gasteiger partial charge in [0.2, 0.25) is 0 Å². The van der Waals surface area contributed by atoms with Crippen molar-refractivity contribution in [3.63, 3.8) is 0 Å². The van der Waals surface area contributed by atoms with E-state index >= 15 is 0 Å². The Labute approximate surface area is 151 Å². The van der Waals surface area contributed by atoms with E-state index in [9.17, 15) is 4.79 Å². The molecule has 9 heteroatoms. The van der Waals surface area contributed by atoms with Gasteiger partial charge in [0, 0.05) is 19.7 Å². The number of rotatable bonds is 3. The first-order valence-electron chi connectivity index (χ1n) is 8.40. The van der Waals surface area contributed by atoms with Crippen LogP contribution in [0.4, 0.5) is 5.69 Å². The number of nitrogens with one attached hydrogen (secondary N) is 1. The quantitative estimate of drug-likeness (QED) is 0.874. The largest absolute Gasteiger partial charge is 0.360 e. The van der Waals surface area contributed by atoms with E-state index < -0.39 is 0 Å². The van der Waals surface area contributed by atoms with Gasteiger partial charge >= 0.3 is 0 Å². The van der Waals surface area contributed by atoms with Crippen molar-refractivity contribution in [2.45, 2.75) is 38.5 Å². The molecule has 0 saturated carbocycles. The Balaban J connectivity index is 1.80. The van der Waals surface area contributed by atoms with Crippen molar-refractivity contribution < 1.29 is 4.74 Å². The van der Waals surface area contributed by atoms with Crippen LogP contribution in [0.25, 0.3) is 0 Å². The Morgan fingerprint density at radius 2 is 2.28 bits per heavy atom. The van der Waals surface area contributed by atoms with Gasteiger partial charge in [0.1, 0.15) is 16.9 Å². The van der Waals surface area contributed by atoms with Crippen molar-refractivity contribution in [3.8, 4) is 6.07 Å². The Kier molecular flexibility index (Phi) is 5.25. The number of hydrogen-bond donors (Lipinski definition) is 1. The second-order valence-electron chi connectivity index (χ2n) is 6.28. The van der Waals surface area contributed by atoms with Gasteiger partial charge in [-0.2, -0.15) is 15.0 Å². The van der Waals surface area contributed by atoms with Crippen molar-refractivity contribution in [2.24, 2.45) is 0 Å². The summed E-state index contributed by atoms with van der Waals surface area (Å²) in [7, 11) is 0. The molecule has 134 valence electrons. The normalized spacial score (nSPS) is 22.6. The summed E-state index contributed by atoms with van der Waals surface area (Å²) in [6.07, 6.45) is 3.94. The lowest BCUT2D eigenvalue weighted by Gasteiger charge is -2.38. The highest BCUT2D eigenvalue weighted by molar-refractivity contribution is 6.33. The molecule has 1 N–H and O–H groups in total. The molecule has 0 bridgehead atoms. The molecule has 1 unspecified atom stereocenters. The molecule has 3 rings (SSSR count). The van der Waals surface area contributed by atoms with Crippen LogP contribution < -0.4 is 10.5 Å². The van der Waals surface area contributed by atoms with Crippen LogP contribution in [0.3, 0.4) is 0 Å². The van der Waals surface area contributed by atoms with Crippen molar-refractivity contribution in [3.05, 3.63) is 21.6 Å². The number of hydrogen-bond acceptors (Lipinski definition) is 6. The lowest BCUT2D eigenvalue weighted by Crippen LogP contribution is -2.53. The summed E-state index contributed by atoms with van der Waals surface area (Å²) in [5, 5.41) is 21.5. The predicted octanol–water partition coefficient (Wildman–Crippen LogP) is 1.61. The van der Waals surface area contributed by atoms with Crippen LogP contribution in [0.5, 0.6) is 0 Å². The fourth-order valence-electron chi connectivity index (χ4n) is 3.20. The number of nitrogens with zero attached hydrogens (tertiary/aromatic N) is 5. The van der Waals surface area contributed by atoms with E-state index in [2.05, 4.69) is 11.2 Å². The van der Waals surface area contributed by atoms with Crippen LogP contribution in [0, 0.1) is 16.7 Å². The van der Waals surface area contributed by atoms with E-state index in [1.54, 1.807) is 18.0 Å². The highest BCUT2D eigenvalue weighted by Gasteiger charge is 2.28. The Morgan fingerprint density at radius 1 is 1.48 bits per heavy atom. The highest BCUT2D eigenvalue weighted by atomic mass is 35.5. The van der Waals surface area contributed by atoms with E-state index in [0.29, 0.717) is 31.2 Å². The zero-order valence-corrected chi connectivity index (χ0v) is 14.9. The summed E-state index contributed by atoms with van der Waals surface area (Å²) in [5.74, 6) is 0.330. The van der Waals surface area contributed by atoms with Gasteiger partial charge in [0.25, 0.3) is 5.56 Å². The van der Waals surface area contributed by atoms with Crippen LogP contribution in [0.15, 0.2) is 11.0 Å². The van der Waals surface area contributed by atoms with Gasteiger partial charge in [0.05, 0.1) is 24.5 Å². The van der Waals surface area contributed by atoms with Gasteiger partial charge in [-0.3, -0.25) is 10.2 Å². The van der Waals surface area contributed by atoms with Crippen LogP contribution in [-0.2, 0) is 4.74 Å². The molecule has 0 spiro atoms. The smallest absolute Gasteiger partial charge is 0.290 e. The van der Waals surface area contributed by atoms with Gasteiger partial charge in [-0.05, 0) is 26.2 Å². The maximum absolute atomic E-state index is 12.6. The maximum atomic E-state index is 12.6. The fourth-order valence-corrected chi connectivity index (χ4v) is 3.45. The molecule has 3 heterocycles. The summed E-state index contributed by atoms with van der Waals surface area (Å²) < 4.78 is 6.92. The summed E-state index contributed by atoms with van der Waals surface area (Å²) in [5.41, 5.74) is 0.151. The SMILES string of the molecule is C[C@H](C#N)N1CCN(c2cnn(C3CCCCO3)c(=O)c2Cl)CC1=N. The molecule has 2 atom stereocenters. The zero-order valence-electron chi connectivity index (χ0n) is 14.1. The van der Waals surface area contributed by atoms with E-state index in [4.69, 9.17) is 27.0 Å². The molecule has 0 aromatic carbocycles. The maximum Gasteiger partial charge on any atom is 0.290 e. The van der Waals surface area contributed by atoms with Crippen LogP contribution in [-0.4, -0.2) is 52.8 Å². The number of halogens is 1. The molecule has 1 aromatic rings. The molecule has 2 aliphatic heterocycles. The lowest BCUT2D eigenvalue weighted by atomic mass is 10.2. The van der Waals surface area contributed by atoms with Gasteiger partial charge < -0.3 is 14.5 Å². The van der Waals surface area contributed by atoms with Crippen molar-refractivity contribution in [1.82, 2.24) is 14.7 Å². The van der Waals surface area contributed by atoms with Gasteiger partial charge in [-0.1, -0.05) is 11.6 Å². The number of amidine groups is 1. The molecule has 25 heavy (non-hydrogen) atoms. The van der Waals surface area contributed by atoms with Gasteiger partial charge in [-0.15, -0.1) is 0 Å². The van der Waals surface area contributed by atoms with Gasteiger partial charge in [0.15, 0.2) is 6.23 Å². The monoisotopic (exact) mass is 364 g/mol. The average molecular weight is 365 g/mol. The summed E-state index contributed by atoms with van der Waals surface area (Å²) in [6.45, 7) is 3.77. The number of nitriles is 1. The van der Waals surface area contributed by atoms with E-state index in [1.807, 2.05) is 4.90 Å². The minimum absolute atomic E-state index is 0.0961. The Bertz CT molecular complexity index is 752. The molecule has 2 aliphatic rings. The van der Waals surface area contributed by atoms with E-state index in [0.717, 1.165) is 19.3 Å². The first-order chi connectivity index (χ1) is 12.0. The fraction of sp³-hybridized carbons (Fsp3) is 0.625. The van der Waals surface area contributed by atoms with Gasteiger partial charge in [-0.25, -0.2) is 0 Å². The molecule has 0 aliphatic carbocycles.